The van der Waals surface area contributed by atoms with E-state index in [1.165, 1.54) is 24.4 Å². The standard InChI is InChI=1S/C34H37B3F2N6O3.C2H6/c1-3-22-25(38)7-6-20-14-21(46)15-23(27(20)22)29-28(39)30-24(16-41-29)31(44-13-10-40-26(17-44)19(2)48-34(35,36)37)43-32(42-30)47-18-33-8-4-11-45(33)12-5-9-33;1-2/h6-7,14-16,19,26,40,46H,3-5,8-13,17-18H2,1-2H3;1-2H3. The van der Waals surface area contributed by atoms with E-state index in [2.05, 4.69) is 20.2 Å². The quantitative estimate of drug-likeness (QED) is 0.244. The first-order valence-electron chi connectivity index (χ1n) is 17.7. The number of aromatic hydroxyl groups is 1. The summed E-state index contributed by atoms with van der Waals surface area (Å²) in [5.74, 6) is -0.757. The van der Waals surface area contributed by atoms with Gasteiger partial charge in [0.1, 0.15) is 35.2 Å². The van der Waals surface area contributed by atoms with Crippen molar-refractivity contribution in [3.05, 3.63) is 47.7 Å². The molecule has 0 aliphatic carbocycles. The normalized spacial score (nSPS) is 19.7. The molecule has 14 heteroatoms. The average Bonchev–Trinajstić information content (AvgIpc) is 3.68. The smallest absolute Gasteiger partial charge is 0.319 e. The van der Waals surface area contributed by atoms with Crippen LogP contribution in [-0.2, 0) is 11.2 Å². The summed E-state index contributed by atoms with van der Waals surface area (Å²) >= 11 is 0. The Balaban J connectivity index is 0.00000212. The van der Waals surface area contributed by atoms with E-state index in [4.69, 9.17) is 38.0 Å². The summed E-state index contributed by atoms with van der Waals surface area (Å²) < 4.78 is 43.9. The number of aryl methyl sites for hydroxylation is 1. The van der Waals surface area contributed by atoms with E-state index in [1.54, 1.807) is 6.07 Å². The van der Waals surface area contributed by atoms with Gasteiger partial charge in [0.2, 0.25) is 0 Å². The Morgan fingerprint density at radius 3 is 2.54 bits per heavy atom. The molecule has 2 unspecified atom stereocenters. The summed E-state index contributed by atoms with van der Waals surface area (Å²) in [5.41, 5.74) is 0.571. The highest BCUT2D eigenvalue weighted by Gasteiger charge is 2.45. The zero-order valence-electron chi connectivity index (χ0n) is 29.3. The molecule has 2 N–H and O–H groups in total. The largest absolute Gasteiger partial charge is 0.508 e. The molecule has 0 amide bonds. The van der Waals surface area contributed by atoms with Gasteiger partial charge in [-0.05, 0) is 92.0 Å². The number of anilines is 1. The second-order valence-corrected chi connectivity index (χ2v) is 13.4. The number of nitrogens with one attached hydrogen (secondary N) is 1. The van der Waals surface area contributed by atoms with E-state index in [1.807, 2.05) is 32.6 Å². The molecular weight excluding hydrogens is 635 g/mol. The van der Waals surface area contributed by atoms with Crippen molar-refractivity contribution in [2.75, 3.05) is 44.2 Å². The maximum atomic E-state index is 16.9. The fourth-order valence-corrected chi connectivity index (χ4v) is 7.90. The molecule has 2 atom stereocenters. The van der Waals surface area contributed by atoms with Crippen LogP contribution in [0.1, 0.15) is 58.9 Å². The molecule has 3 fully saturated rings. The highest BCUT2D eigenvalue weighted by molar-refractivity contribution is 6.58. The molecule has 6 radical (unpaired) electrons. The molecule has 3 aliphatic rings. The van der Waals surface area contributed by atoms with Gasteiger partial charge in [-0.2, -0.15) is 9.97 Å². The SMILES string of the molecule is CC.[B]C([B])([B])OC(C)C1CN(c2nc(OCC34CCCN3CCC4)nc3c(F)c(-c4cc(O)cc5ccc(F)c(CC)c45)ncc23)CCN1. The van der Waals surface area contributed by atoms with E-state index in [0.29, 0.717) is 60.2 Å². The Labute approximate surface area is 296 Å². The molecule has 3 aliphatic heterocycles. The van der Waals surface area contributed by atoms with Crippen LogP contribution in [0.4, 0.5) is 14.6 Å². The number of fused-ring (bicyclic) bond motifs is 3. The van der Waals surface area contributed by atoms with Gasteiger partial charge in [0.15, 0.2) is 5.82 Å². The number of rotatable bonds is 9. The Morgan fingerprint density at radius 2 is 1.84 bits per heavy atom. The van der Waals surface area contributed by atoms with E-state index in [9.17, 15) is 5.11 Å². The number of hydrogen-bond donors (Lipinski definition) is 2. The van der Waals surface area contributed by atoms with Gasteiger partial charge in [-0.1, -0.05) is 26.8 Å². The van der Waals surface area contributed by atoms with Gasteiger partial charge in [0.05, 0.1) is 46.6 Å². The maximum absolute atomic E-state index is 16.9. The molecule has 5 heterocycles. The molecule has 3 saturated heterocycles. The minimum absolute atomic E-state index is 0.0161. The van der Waals surface area contributed by atoms with Crippen LogP contribution in [0.15, 0.2) is 30.5 Å². The van der Waals surface area contributed by atoms with Crippen molar-refractivity contribution < 1.29 is 23.4 Å². The number of phenols is 1. The number of phenolic OH excluding ortho intramolecular Hbond substituents is 1. The minimum atomic E-state index is -1.81. The number of hydrogen-bond acceptors (Lipinski definition) is 9. The lowest BCUT2D eigenvalue weighted by molar-refractivity contribution is 0.0317. The Hall–Kier alpha value is -3.48. The number of ether oxygens (including phenoxy) is 2. The summed E-state index contributed by atoms with van der Waals surface area (Å²) in [4.78, 5) is 18.5. The van der Waals surface area contributed by atoms with Crippen molar-refractivity contribution >= 4 is 51.0 Å². The number of halogens is 2. The van der Waals surface area contributed by atoms with Gasteiger partial charge in [0, 0.05) is 31.4 Å². The van der Waals surface area contributed by atoms with Gasteiger partial charge < -0.3 is 24.8 Å². The molecule has 9 nitrogen and oxygen atoms in total. The first-order valence-corrected chi connectivity index (χ1v) is 17.7. The lowest BCUT2D eigenvalue weighted by Crippen LogP contribution is -2.57. The zero-order valence-corrected chi connectivity index (χ0v) is 29.3. The third-order valence-corrected chi connectivity index (χ3v) is 10.1. The summed E-state index contributed by atoms with van der Waals surface area (Å²) in [6.45, 7) is 11.7. The monoisotopic (exact) mass is 678 g/mol. The lowest BCUT2D eigenvalue weighted by Gasteiger charge is -2.40. The Bertz CT molecular complexity index is 1850. The predicted octanol–water partition coefficient (Wildman–Crippen LogP) is 4.72. The van der Waals surface area contributed by atoms with Crippen LogP contribution < -0.4 is 15.0 Å². The molecule has 2 aromatic heterocycles. The summed E-state index contributed by atoms with van der Waals surface area (Å²) in [7, 11) is 17.2. The molecule has 0 spiro atoms. The first-order chi connectivity index (χ1) is 24.0. The summed E-state index contributed by atoms with van der Waals surface area (Å²) in [5, 5.41) is 13.7. The lowest BCUT2D eigenvalue weighted by atomic mass is 9.52. The highest BCUT2D eigenvalue weighted by Crippen LogP contribution is 2.41. The summed E-state index contributed by atoms with van der Waals surface area (Å²) in [6.07, 6.45) is 5.70. The van der Waals surface area contributed by atoms with Crippen molar-refractivity contribution in [3.8, 4) is 23.0 Å². The topological polar surface area (TPSA) is 95.9 Å². The molecular formula is C36H43B3F2N6O3. The number of nitrogens with zero attached hydrogens (tertiary/aromatic N) is 5. The van der Waals surface area contributed by atoms with Crippen molar-refractivity contribution in [2.24, 2.45) is 0 Å². The number of benzene rings is 2. The van der Waals surface area contributed by atoms with Crippen molar-refractivity contribution in [1.29, 1.82) is 0 Å². The van der Waals surface area contributed by atoms with Crippen molar-refractivity contribution in [1.82, 2.24) is 25.2 Å². The fourth-order valence-electron chi connectivity index (χ4n) is 7.90. The fraction of sp³-hybridized carbons (Fsp3) is 0.528. The summed E-state index contributed by atoms with van der Waals surface area (Å²) in [6, 6.07) is 5.71. The number of piperazine rings is 1. The van der Waals surface area contributed by atoms with E-state index >= 15 is 8.78 Å². The number of aromatic nitrogens is 3. The van der Waals surface area contributed by atoms with Crippen LogP contribution in [-0.4, -0.2) is 111 Å². The second kappa shape index (κ2) is 14.6. The third-order valence-electron chi connectivity index (χ3n) is 10.1. The van der Waals surface area contributed by atoms with E-state index in [-0.39, 0.29) is 40.1 Å². The Morgan fingerprint density at radius 1 is 1.10 bits per heavy atom. The van der Waals surface area contributed by atoms with Gasteiger partial charge in [-0.3, -0.25) is 9.88 Å². The molecule has 0 bridgehead atoms. The van der Waals surface area contributed by atoms with Crippen LogP contribution >= 0.6 is 0 Å². The average molecular weight is 678 g/mol. The molecule has 50 heavy (non-hydrogen) atoms. The third kappa shape index (κ3) is 7.03. The highest BCUT2D eigenvalue weighted by atomic mass is 19.1. The van der Waals surface area contributed by atoms with Crippen LogP contribution in [0.3, 0.4) is 0 Å². The second-order valence-electron chi connectivity index (χ2n) is 13.4. The predicted molar refractivity (Wildman–Crippen MR) is 195 cm³/mol. The number of pyridine rings is 1. The maximum Gasteiger partial charge on any atom is 0.319 e. The molecule has 2 aromatic carbocycles. The minimum Gasteiger partial charge on any atom is -0.508 e. The van der Waals surface area contributed by atoms with Crippen LogP contribution in [0, 0.1) is 11.6 Å². The van der Waals surface area contributed by atoms with Gasteiger partial charge in [0.25, 0.3) is 0 Å². The van der Waals surface area contributed by atoms with Crippen molar-refractivity contribution in [2.45, 2.75) is 82.8 Å². The van der Waals surface area contributed by atoms with Crippen LogP contribution in [0.2, 0.25) is 0 Å². The van der Waals surface area contributed by atoms with Crippen molar-refractivity contribution in [3.63, 3.8) is 0 Å². The van der Waals surface area contributed by atoms with Crippen LogP contribution in [0.5, 0.6) is 11.8 Å². The van der Waals surface area contributed by atoms with Gasteiger partial charge >= 0.3 is 6.01 Å². The van der Waals surface area contributed by atoms with Gasteiger partial charge in [-0.15, -0.1) is 0 Å². The molecule has 7 rings (SSSR count). The first kappa shape index (κ1) is 36.3. The molecule has 258 valence electrons. The van der Waals surface area contributed by atoms with Gasteiger partial charge in [-0.25, -0.2) is 8.78 Å². The van der Waals surface area contributed by atoms with E-state index in [0.717, 1.165) is 38.8 Å². The molecule has 4 aromatic rings. The Kier molecular flexibility index (Phi) is 10.6. The molecule has 0 saturated carbocycles. The van der Waals surface area contributed by atoms with E-state index < -0.39 is 23.0 Å². The van der Waals surface area contributed by atoms with Crippen LogP contribution in [0.25, 0.3) is 32.9 Å². The zero-order chi connectivity index (χ0) is 35.8.